The predicted molar refractivity (Wildman–Crippen MR) is 67.1 cm³/mol. The number of aromatic carboxylic acids is 1. The molecule has 100 valence electrons. The predicted octanol–water partition coefficient (Wildman–Crippen LogP) is 2.89. The van der Waals surface area contributed by atoms with Gasteiger partial charge in [0.2, 0.25) is 5.88 Å². The number of benzene rings is 1. The quantitative estimate of drug-likeness (QED) is 0.928. The van der Waals surface area contributed by atoms with Gasteiger partial charge in [-0.3, -0.25) is 0 Å². The molecule has 0 spiro atoms. The van der Waals surface area contributed by atoms with E-state index >= 15 is 0 Å². The highest BCUT2D eigenvalue weighted by molar-refractivity contribution is 5.90. The Kier molecular flexibility index (Phi) is 3.62. The molecule has 0 amide bonds. The molecule has 1 aromatic carbocycles. The van der Waals surface area contributed by atoms with Crippen LogP contribution in [0.25, 0.3) is 0 Å². The van der Waals surface area contributed by atoms with Gasteiger partial charge >= 0.3 is 5.97 Å². The van der Waals surface area contributed by atoms with Crippen LogP contribution in [-0.2, 0) is 0 Å². The Morgan fingerprint density at radius 2 is 2.20 bits per heavy atom. The number of nitrogens with zero attached hydrogens (tertiary/aromatic N) is 2. The Morgan fingerprint density at radius 1 is 1.45 bits per heavy atom. The number of hydrogen-bond donors (Lipinski definition) is 1. The zero-order valence-electron chi connectivity index (χ0n) is 10.4. The monoisotopic (exact) mass is 272 g/mol. The molecule has 0 atom stereocenters. The van der Waals surface area contributed by atoms with Crippen LogP contribution in [-0.4, -0.2) is 16.1 Å². The van der Waals surface area contributed by atoms with Crippen molar-refractivity contribution in [2.75, 3.05) is 0 Å². The first kappa shape index (κ1) is 13.5. The van der Waals surface area contributed by atoms with E-state index < -0.39 is 11.8 Å². The fourth-order valence-corrected chi connectivity index (χ4v) is 1.55. The van der Waals surface area contributed by atoms with Gasteiger partial charge in [0.15, 0.2) is 0 Å². The average Bonchev–Trinajstić information content (AvgIpc) is 2.42. The van der Waals surface area contributed by atoms with E-state index in [0.717, 1.165) is 12.3 Å². The van der Waals surface area contributed by atoms with Gasteiger partial charge in [0.1, 0.15) is 17.1 Å². The third-order valence-electron chi connectivity index (χ3n) is 2.57. The molecule has 1 N–H and O–H groups in total. The lowest BCUT2D eigenvalue weighted by Gasteiger charge is -2.10. The maximum absolute atomic E-state index is 13.0. The van der Waals surface area contributed by atoms with Crippen LogP contribution in [0.2, 0.25) is 0 Å². The highest BCUT2D eigenvalue weighted by Crippen LogP contribution is 2.27. The number of pyridine rings is 1. The number of carboxylic acids is 1. The van der Waals surface area contributed by atoms with Gasteiger partial charge in [-0.25, -0.2) is 14.2 Å². The number of aromatic nitrogens is 1. The second-order valence-corrected chi connectivity index (χ2v) is 4.01. The highest BCUT2D eigenvalue weighted by atomic mass is 19.1. The van der Waals surface area contributed by atoms with Crippen molar-refractivity contribution in [3.63, 3.8) is 0 Å². The van der Waals surface area contributed by atoms with Crippen LogP contribution in [0, 0.1) is 24.1 Å². The average molecular weight is 272 g/mol. The number of aryl methyl sites for hydroxylation is 1. The minimum Gasteiger partial charge on any atom is -0.477 e. The standard InChI is InChI=1S/C14H9FN2O3/c1-8-2-3-9(6-16)4-12(8)20-13-11(14(18)19)5-10(15)7-17-13/h2-5,7H,1H3,(H,18,19). The molecule has 1 heterocycles. The molecule has 0 saturated carbocycles. The first-order valence-corrected chi connectivity index (χ1v) is 5.58. The lowest BCUT2D eigenvalue weighted by molar-refractivity contribution is 0.0692. The number of carboxylic acid groups (broad SMARTS) is 1. The van der Waals surface area contributed by atoms with Crippen LogP contribution < -0.4 is 4.74 Å². The number of halogens is 1. The van der Waals surface area contributed by atoms with Crippen LogP contribution in [0.3, 0.4) is 0 Å². The minimum absolute atomic E-state index is 0.225. The Morgan fingerprint density at radius 3 is 2.85 bits per heavy atom. The van der Waals surface area contributed by atoms with Crippen molar-refractivity contribution < 1.29 is 19.0 Å². The van der Waals surface area contributed by atoms with Gasteiger partial charge in [-0.05, 0) is 30.7 Å². The molecule has 20 heavy (non-hydrogen) atoms. The van der Waals surface area contributed by atoms with Crippen molar-refractivity contribution in [1.29, 1.82) is 5.26 Å². The lowest BCUT2D eigenvalue weighted by atomic mass is 10.1. The summed E-state index contributed by atoms with van der Waals surface area (Å²) >= 11 is 0. The molecule has 0 unspecified atom stereocenters. The molecule has 0 radical (unpaired) electrons. The number of carbonyl (C=O) groups is 1. The van der Waals surface area contributed by atoms with Crippen LogP contribution >= 0.6 is 0 Å². The molecule has 0 aliphatic heterocycles. The summed E-state index contributed by atoms with van der Waals surface area (Å²) < 4.78 is 18.4. The van der Waals surface area contributed by atoms with Crippen molar-refractivity contribution in [3.8, 4) is 17.7 Å². The van der Waals surface area contributed by atoms with E-state index in [1.54, 1.807) is 19.1 Å². The molecule has 1 aromatic heterocycles. The van der Waals surface area contributed by atoms with E-state index in [4.69, 9.17) is 15.1 Å². The number of rotatable bonds is 3. The molecular weight excluding hydrogens is 263 g/mol. The zero-order chi connectivity index (χ0) is 14.7. The summed E-state index contributed by atoms with van der Waals surface area (Å²) in [6.07, 6.45) is 0.866. The summed E-state index contributed by atoms with van der Waals surface area (Å²) in [5, 5.41) is 17.8. The molecule has 0 fully saturated rings. The van der Waals surface area contributed by atoms with Crippen molar-refractivity contribution >= 4 is 5.97 Å². The Bertz CT molecular complexity index is 723. The second kappa shape index (κ2) is 5.36. The van der Waals surface area contributed by atoms with E-state index in [-0.39, 0.29) is 11.4 Å². The SMILES string of the molecule is Cc1ccc(C#N)cc1Oc1ncc(F)cc1C(=O)O. The largest absolute Gasteiger partial charge is 0.477 e. The number of hydrogen-bond acceptors (Lipinski definition) is 4. The van der Waals surface area contributed by atoms with E-state index in [9.17, 15) is 9.18 Å². The Hall–Kier alpha value is -2.94. The van der Waals surface area contributed by atoms with Gasteiger partial charge < -0.3 is 9.84 Å². The van der Waals surface area contributed by atoms with Crippen molar-refractivity contribution in [2.24, 2.45) is 0 Å². The molecule has 2 rings (SSSR count). The third kappa shape index (κ3) is 2.72. The number of nitriles is 1. The Balaban J connectivity index is 2.45. The first-order valence-electron chi connectivity index (χ1n) is 5.58. The topological polar surface area (TPSA) is 83.2 Å². The normalized spacial score (nSPS) is 9.85. The molecule has 6 heteroatoms. The maximum Gasteiger partial charge on any atom is 0.341 e. The zero-order valence-corrected chi connectivity index (χ0v) is 10.4. The third-order valence-corrected chi connectivity index (χ3v) is 2.57. The van der Waals surface area contributed by atoms with Gasteiger partial charge in [0.25, 0.3) is 0 Å². The minimum atomic E-state index is -1.35. The second-order valence-electron chi connectivity index (χ2n) is 4.01. The van der Waals surface area contributed by atoms with Crippen LogP contribution in [0.5, 0.6) is 11.6 Å². The lowest BCUT2D eigenvalue weighted by Crippen LogP contribution is -2.03. The summed E-state index contributed by atoms with van der Waals surface area (Å²) in [7, 11) is 0. The molecule has 0 aliphatic carbocycles. The fraction of sp³-hybridized carbons (Fsp3) is 0.0714. The summed E-state index contributed by atoms with van der Waals surface area (Å²) in [4.78, 5) is 14.7. The van der Waals surface area contributed by atoms with Crippen molar-refractivity contribution in [2.45, 2.75) is 6.92 Å². The summed E-state index contributed by atoms with van der Waals surface area (Å²) in [6.45, 7) is 1.74. The molecule has 0 saturated heterocycles. The van der Waals surface area contributed by atoms with E-state index in [0.29, 0.717) is 16.9 Å². The van der Waals surface area contributed by atoms with Gasteiger partial charge in [-0.2, -0.15) is 5.26 Å². The summed E-state index contributed by atoms with van der Waals surface area (Å²) in [5.41, 5.74) is 0.683. The molecule has 0 aliphatic rings. The van der Waals surface area contributed by atoms with E-state index in [1.165, 1.54) is 6.07 Å². The molecule has 0 bridgehead atoms. The van der Waals surface area contributed by atoms with Gasteiger partial charge in [0.05, 0.1) is 17.8 Å². The van der Waals surface area contributed by atoms with Crippen LogP contribution in [0.1, 0.15) is 21.5 Å². The highest BCUT2D eigenvalue weighted by Gasteiger charge is 2.16. The number of ether oxygens (including phenoxy) is 1. The smallest absolute Gasteiger partial charge is 0.341 e. The molecule has 2 aromatic rings. The van der Waals surface area contributed by atoms with Crippen LogP contribution in [0.15, 0.2) is 30.5 Å². The van der Waals surface area contributed by atoms with E-state index in [1.807, 2.05) is 6.07 Å². The van der Waals surface area contributed by atoms with Crippen molar-refractivity contribution in [3.05, 3.63) is 53.0 Å². The molecular formula is C14H9FN2O3. The van der Waals surface area contributed by atoms with E-state index in [2.05, 4.69) is 4.98 Å². The van der Waals surface area contributed by atoms with Gasteiger partial charge in [-0.15, -0.1) is 0 Å². The molecule has 5 nitrogen and oxygen atoms in total. The fourth-order valence-electron chi connectivity index (χ4n) is 1.55. The summed E-state index contributed by atoms with van der Waals surface area (Å²) in [6, 6.07) is 7.52. The Labute approximate surface area is 113 Å². The first-order chi connectivity index (χ1) is 9.51. The van der Waals surface area contributed by atoms with Gasteiger partial charge in [-0.1, -0.05) is 6.07 Å². The maximum atomic E-state index is 13.0. The van der Waals surface area contributed by atoms with Gasteiger partial charge in [0, 0.05) is 0 Å². The summed E-state index contributed by atoms with van der Waals surface area (Å²) in [5.74, 6) is -2.04. The van der Waals surface area contributed by atoms with Crippen molar-refractivity contribution in [1.82, 2.24) is 4.98 Å². The van der Waals surface area contributed by atoms with Crippen LogP contribution in [0.4, 0.5) is 4.39 Å².